The van der Waals surface area contributed by atoms with Crippen LogP contribution >= 0.6 is 35.3 Å². The third-order valence-electron chi connectivity index (χ3n) is 6.44. The average Bonchev–Trinajstić information content (AvgIpc) is 3.32. The SMILES string of the molecule is CN=C(NCC1CCN(Cc2cccs2)CC1)N1CCc2cc(OC)c(OC)cc2C1.I. The van der Waals surface area contributed by atoms with E-state index < -0.39 is 0 Å². The minimum absolute atomic E-state index is 0. The first-order valence-electron chi connectivity index (χ1n) is 11.1. The van der Waals surface area contributed by atoms with Crippen LogP contribution in [0.1, 0.15) is 28.8 Å². The largest absolute Gasteiger partial charge is 0.493 e. The van der Waals surface area contributed by atoms with Crippen LogP contribution < -0.4 is 14.8 Å². The van der Waals surface area contributed by atoms with E-state index in [1.165, 1.54) is 41.9 Å². The summed E-state index contributed by atoms with van der Waals surface area (Å²) >= 11 is 1.86. The first-order valence-corrected chi connectivity index (χ1v) is 12.0. The van der Waals surface area contributed by atoms with Gasteiger partial charge in [-0.05, 0) is 73.0 Å². The number of ether oxygens (including phenoxy) is 2. The fraction of sp³-hybridized carbons (Fsp3) is 0.542. The molecular weight excluding hydrogens is 535 g/mol. The van der Waals surface area contributed by atoms with Gasteiger partial charge in [-0.15, -0.1) is 35.3 Å². The number of benzene rings is 1. The van der Waals surface area contributed by atoms with Crippen molar-refractivity contribution in [3.8, 4) is 11.5 Å². The number of likely N-dealkylation sites (tertiary alicyclic amines) is 1. The summed E-state index contributed by atoms with van der Waals surface area (Å²) in [6.07, 6.45) is 3.47. The molecule has 0 atom stereocenters. The number of halogens is 1. The summed E-state index contributed by atoms with van der Waals surface area (Å²) in [5.41, 5.74) is 2.62. The van der Waals surface area contributed by atoms with Crippen molar-refractivity contribution in [3.63, 3.8) is 0 Å². The molecule has 1 saturated heterocycles. The quantitative estimate of drug-likeness (QED) is 0.320. The Morgan fingerprint density at radius 1 is 1.12 bits per heavy atom. The molecule has 176 valence electrons. The van der Waals surface area contributed by atoms with Gasteiger partial charge in [0.15, 0.2) is 17.5 Å². The maximum absolute atomic E-state index is 5.50. The number of nitrogens with one attached hydrogen (secondary N) is 1. The van der Waals surface area contributed by atoms with Crippen molar-refractivity contribution in [1.82, 2.24) is 15.1 Å². The molecule has 1 aromatic carbocycles. The molecule has 1 aromatic heterocycles. The van der Waals surface area contributed by atoms with Gasteiger partial charge in [0.05, 0.1) is 14.2 Å². The lowest BCUT2D eigenvalue weighted by molar-refractivity contribution is 0.178. The Morgan fingerprint density at radius 3 is 2.47 bits per heavy atom. The van der Waals surface area contributed by atoms with Gasteiger partial charge in [-0.25, -0.2) is 0 Å². The minimum Gasteiger partial charge on any atom is -0.493 e. The third kappa shape index (κ3) is 6.08. The Hall–Kier alpha value is -1.52. The molecule has 8 heteroatoms. The first-order chi connectivity index (χ1) is 15.2. The van der Waals surface area contributed by atoms with Gasteiger partial charge in [0, 0.05) is 38.1 Å². The van der Waals surface area contributed by atoms with Gasteiger partial charge < -0.3 is 19.7 Å². The van der Waals surface area contributed by atoms with E-state index in [0.717, 1.165) is 50.1 Å². The molecule has 2 aliphatic rings. The average molecular weight is 571 g/mol. The van der Waals surface area contributed by atoms with Crippen LogP contribution in [0.3, 0.4) is 0 Å². The summed E-state index contributed by atoms with van der Waals surface area (Å²) in [6, 6.07) is 8.61. The van der Waals surface area contributed by atoms with Crippen LogP contribution in [0.15, 0.2) is 34.6 Å². The fourth-order valence-corrected chi connectivity index (χ4v) is 5.35. The third-order valence-corrected chi connectivity index (χ3v) is 7.31. The smallest absolute Gasteiger partial charge is 0.193 e. The molecule has 2 aromatic rings. The zero-order chi connectivity index (χ0) is 21.6. The van der Waals surface area contributed by atoms with Crippen LogP contribution in [0.4, 0.5) is 0 Å². The van der Waals surface area contributed by atoms with E-state index in [-0.39, 0.29) is 24.0 Å². The number of rotatable bonds is 6. The van der Waals surface area contributed by atoms with Crippen LogP contribution in [-0.2, 0) is 19.5 Å². The molecule has 6 nitrogen and oxygen atoms in total. The summed E-state index contributed by atoms with van der Waals surface area (Å²) in [6.45, 7) is 6.26. The Labute approximate surface area is 213 Å². The molecule has 2 aliphatic heterocycles. The topological polar surface area (TPSA) is 49.3 Å². The van der Waals surface area contributed by atoms with Crippen LogP contribution in [-0.4, -0.2) is 63.2 Å². The van der Waals surface area contributed by atoms with Gasteiger partial charge in [0.1, 0.15) is 0 Å². The summed E-state index contributed by atoms with van der Waals surface area (Å²) in [7, 11) is 5.27. The molecule has 1 N–H and O–H groups in total. The number of hydrogen-bond acceptors (Lipinski definition) is 5. The van der Waals surface area contributed by atoms with Crippen molar-refractivity contribution < 1.29 is 9.47 Å². The Kier molecular flexibility index (Phi) is 9.48. The second kappa shape index (κ2) is 12.1. The summed E-state index contributed by atoms with van der Waals surface area (Å²) in [5.74, 6) is 3.31. The lowest BCUT2D eigenvalue weighted by Gasteiger charge is -2.35. The second-order valence-electron chi connectivity index (χ2n) is 8.37. The highest BCUT2D eigenvalue weighted by Gasteiger charge is 2.24. The standard InChI is InChI=1S/C24H34N4O2S.HI/c1-25-24(26-15-18-6-9-27(10-7-18)17-21-5-4-12-31-21)28-11-8-19-13-22(29-2)23(30-3)14-20(19)16-28;/h4-5,12-14,18H,6-11,15-17H2,1-3H3,(H,25,26);1H. The van der Waals surface area contributed by atoms with E-state index in [0.29, 0.717) is 5.92 Å². The predicted molar refractivity (Wildman–Crippen MR) is 143 cm³/mol. The highest BCUT2D eigenvalue weighted by Crippen LogP contribution is 2.33. The molecule has 0 spiro atoms. The zero-order valence-electron chi connectivity index (χ0n) is 19.3. The lowest BCUT2D eigenvalue weighted by atomic mass is 9.96. The van der Waals surface area contributed by atoms with Crippen LogP contribution in [0.2, 0.25) is 0 Å². The zero-order valence-corrected chi connectivity index (χ0v) is 22.4. The first kappa shape index (κ1) is 25.1. The Balaban J connectivity index is 0.00000289. The van der Waals surface area contributed by atoms with Crippen molar-refractivity contribution in [2.45, 2.75) is 32.4 Å². The highest BCUT2D eigenvalue weighted by molar-refractivity contribution is 14.0. The Bertz CT molecular complexity index is 882. The number of methoxy groups -OCH3 is 2. The number of fused-ring (bicyclic) bond motifs is 1. The lowest BCUT2D eigenvalue weighted by Crippen LogP contribution is -2.46. The van der Waals surface area contributed by atoms with Crippen molar-refractivity contribution >= 4 is 41.3 Å². The molecule has 0 radical (unpaired) electrons. The van der Waals surface area contributed by atoms with Crippen LogP contribution in [0, 0.1) is 5.92 Å². The molecule has 4 rings (SSSR count). The fourth-order valence-electron chi connectivity index (χ4n) is 4.60. The molecule has 0 aliphatic carbocycles. The van der Waals surface area contributed by atoms with Gasteiger partial charge in [0.25, 0.3) is 0 Å². The van der Waals surface area contributed by atoms with E-state index in [1.807, 2.05) is 18.4 Å². The van der Waals surface area contributed by atoms with Crippen LogP contribution in [0.25, 0.3) is 0 Å². The van der Waals surface area contributed by atoms with Gasteiger partial charge >= 0.3 is 0 Å². The van der Waals surface area contributed by atoms with Gasteiger partial charge in [-0.1, -0.05) is 6.07 Å². The molecule has 1 fully saturated rings. The minimum atomic E-state index is 0. The van der Waals surface area contributed by atoms with Gasteiger partial charge in [-0.2, -0.15) is 0 Å². The summed E-state index contributed by atoms with van der Waals surface area (Å²) < 4.78 is 11.0. The maximum Gasteiger partial charge on any atom is 0.193 e. The van der Waals surface area contributed by atoms with Crippen molar-refractivity contribution in [2.75, 3.05) is 47.4 Å². The van der Waals surface area contributed by atoms with E-state index in [2.05, 4.69) is 49.8 Å². The molecule has 0 unspecified atom stereocenters. The maximum atomic E-state index is 5.50. The van der Waals surface area contributed by atoms with Gasteiger partial charge in [-0.3, -0.25) is 9.89 Å². The number of piperidine rings is 1. The molecule has 32 heavy (non-hydrogen) atoms. The normalized spacial score (nSPS) is 17.5. The van der Waals surface area contributed by atoms with Gasteiger partial charge in [0.2, 0.25) is 0 Å². The van der Waals surface area contributed by atoms with E-state index >= 15 is 0 Å². The number of guanidine groups is 1. The summed E-state index contributed by atoms with van der Waals surface area (Å²) in [4.78, 5) is 11.0. The van der Waals surface area contributed by atoms with E-state index in [1.54, 1.807) is 14.2 Å². The van der Waals surface area contributed by atoms with Crippen LogP contribution in [0.5, 0.6) is 11.5 Å². The molecule has 0 saturated carbocycles. The van der Waals surface area contributed by atoms with E-state index in [4.69, 9.17) is 9.47 Å². The summed E-state index contributed by atoms with van der Waals surface area (Å²) in [5, 5.41) is 5.82. The highest BCUT2D eigenvalue weighted by atomic mass is 127. The predicted octanol–water partition coefficient (Wildman–Crippen LogP) is 4.23. The molecule has 0 amide bonds. The monoisotopic (exact) mass is 570 g/mol. The van der Waals surface area contributed by atoms with Crippen molar-refractivity contribution in [3.05, 3.63) is 45.6 Å². The molecule has 3 heterocycles. The molecule has 0 bridgehead atoms. The second-order valence-corrected chi connectivity index (χ2v) is 9.41. The van der Waals surface area contributed by atoms with Crippen molar-refractivity contribution in [1.29, 1.82) is 0 Å². The number of hydrogen-bond donors (Lipinski definition) is 1. The number of thiophene rings is 1. The van der Waals surface area contributed by atoms with Crippen molar-refractivity contribution in [2.24, 2.45) is 10.9 Å². The van der Waals surface area contributed by atoms with E-state index in [9.17, 15) is 0 Å². The Morgan fingerprint density at radius 2 is 1.84 bits per heavy atom. The number of aliphatic imine (C=N–C) groups is 1. The number of nitrogens with zero attached hydrogens (tertiary/aromatic N) is 3. The molecular formula is C24H35IN4O2S.